The molecule has 0 aliphatic carbocycles. The lowest BCUT2D eigenvalue weighted by atomic mass is 9.98. The van der Waals surface area contributed by atoms with Crippen LogP contribution in [0.5, 0.6) is 0 Å². The van der Waals surface area contributed by atoms with E-state index < -0.39 is 0 Å². The Morgan fingerprint density at radius 3 is 2.28 bits per heavy atom. The van der Waals surface area contributed by atoms with Crippen molar-refractivity contribution in [2.75, 3.05) is 0 Å². The fourth-order valence-electron chi connectivity index (χ4n) is 2.97. The van der Waals surface area contributed by atoms with Gasteiger partial charge in [-0.15, -0.1) is 0 Å². The van der Waals surface area contributed by atoms with Crippen LogP contribution in [0.2, 0.25) is 10.0 Å². The normalized spacial score (nSPS) is 11.0. The highest BCUT2D eigenvalue weighted by atomic mass is 35.5. The fraction of sp³-hybridized carbons (Fsp3) is 0.0455. The van der Waals surface area contributed by atoms with Crippen molar-refractivity contribution in [1.29, 1.82) is 0 Å². The molecule has 122 valence electrons. The van der Waals surface area contributed by atoms with E-state index in [1.54, 1.807) is 0 Å². The van der Waals surface area contributed by atoms with Gasteiger partial charge < -0.3 is 0 Å². The van der Waals surface area contributed by atoms with Gasteiger partial charge in [0.05, 0.1) is 11.2 Å². The van der Waals surface area contributed by atoms with Crippen LogP contribution in [0.15, 0.2) is 72.8 Å². The Balaban J connectivity index is 2.03. The molecule has 3 aromatic carbocycles. The van der Waals surface area contributed by atoms with E-state index in [2.05, 4.69) is 37.3 Å². The van der Waals surface area contributed by atoms with E-state index in [0.29, 0.717) is 10.0 Å². The second-order valence-electron chi connectivity index (χ2n) is 6.06. The molecule has 0 N–H and O–H groups in total. The summed E-state index contributed by atoms with van der Waals surface area (Å²) < 4.78 is 0. The first-order chi connectivity index (χ1) is 12.1. The van der Waals surface area contributed by atoms with Crippen LogP contribution in [0.3, 0.4) is 0 Å². The highest BCUT2D eigenvalue weighted by molar-refractivity contribution is 6.34. The van der Waals surface area contributed by atoms with Crippen molar-refractivity contribution in [3.05, 3.63) is 88.4 Å². The highest BCUT2D eigenvalue weighted by Gasteiger charge is 2.12. The Kier molecular flexibility index (Phi) is 4.20. The lowest BCUT2D eigenvalue weighted by Gasteiger charge is -2.12. The van der Waals surface area contributed by atoms with Crippen molar-refractivity contribution in [1.82, 2.24) is 4.98 Å². The van der Waals surface area contributed by atoms with Gasteiger partial charge in [0.1, 0.15) is 0 Å². The van der Waals surface area contributed by atoms with Crippen LogP contribution in [-0.4, -0.2) is 4.98 Å². The molecule has 0 unspecified atom stereocenters. The summed E-state index contributed by atoms with van der Waals surface area (Å²) in [6.07, 6.45) is 0. The topological polar surface area (TPSA) is 12.9 Å². The van der Waals surface area contributed by atoms with Crippen LogP contribution in [0.4, 0.5) is 0 Å². The molecule has 0 aliphatic rings. The molecule has 1 heterocycles. The van der Waals surface area contributed by atoms with Gasteiger partial charge in [-0.2, -0.15) is 0 Å². The quantitative estimate of drug-likeness (QED) is 0.367. The molecule has 1 aromatic heterocycles. The number of rotatable bonds is 2. The highest BCUT2D eigenvalue weighted by Crippen LogP contribution is 2.36. The average Bonchev–Trinajstić information content (AvgIpc) is 2.62. The monoisotopic (exact) mass is 363 g/mol. The van der Waals surface area contributed by atoms with Crippen LogP contribution < -0.4 is 0 Å². The summed E-state index contributed by atoms with van der Waals surface area (Å²) in [5, 5.41) is 2.40. The Bertz CT molecular complexity index is 1070. The minimum absolute atomic E-state index is 0.686. The summed E-state index contributed by atoms with van der Waals surface area (Å²) in [6.45, 7) is 2.08. The lowest BCUT2D eigenvalue weighted by molar-refractivity contribution is 1.38. The zero-order valence-electron chi connectivity index (χ0n) is 13.6. The number of benzene rings is 3. The van der Waals surface area contributed by atoms with Gasteiger partial charge in [0, 0.05) is 26.6 Å². The number of fused-ring (bicyclic) bond motifs is 1. The van der Waals surface area contributed by atoms with Gasteiger partial charge in [-0.1, -0.05) is 71.2 Å². The van der Waals surface area contributed by atoms with E-state index in [4.69, 9.17) is 28.2 Å². The molecule has 0 saturated carbocycles. The van der Waals surface area contributed by atoms with Gasteiger partial charge in [0.15, 0.2) is 0 Å². The van der Waals surface area contributed by atoms with Gasteiger partial charge in [-0.25, -0.2) is 4.98 Å². The van der Waals surface area contributed by atoms with Crippen LogP contribution in [0.1, 0.15) is 5.56 Å². The molecule has 3 heteroatoms. The van der Waals surface area contributed by atoms with E-state index in [-0.39, 0.29) is 0 Å². The zero-order valence-corrected chi connectivity index (χ0v) is 15.1. The van der Waals surface area contributed by atoms with E-state index in [1.807, 2.05) is 42.5 Å². The first-order valence-electron chi connectivity index (χ1n) is 8.04. The third-order valence-corrected chi connectivity index (χ3v) is 4.85. The zero-order chi connectivity index (χ0) is 17.4. The number of halogens is 2. The van der Waals surface area contributed by atoms with Crippen LogP contribution >= 0.6 is 23.2 Å². The van der Waals surface area contributed by atoms with Gasteiger partial charge in [-0.05, 0) is 42.8 Å². The van der Waals surface area contributed by atoms with Crippen molar-refractivity contribution in [2.45, 2.75) is 6.92 Å². The van der Waals surface area contributed by atoms with Gasteiger partial charge in [-0.3, -0.25) is 0 Å². The number of aryl methyl sites for hydroxylation is 1. The van der Waals surface area contributed by atoms with E-state index in [0.717, 1.165) is 33.3 Å². The van der Waals surface area contributed by atoms with Crippen molar-refractivity contribution >= 4 is 34.1 Å². The summed E-state index contributed by atoms with van der Waals surface area (Å²) in [6, 6.07) is 24.1. The van der Waals surface area contributed by atoms with Crippen molar-refractivity contribution in [3.8, 4) is 22.4 Å². The number of hydrogen-bond acceptors (Lipinski definition) is 1. The molecular weight excluding hydrogens is 349 g/mol. The van der Waals surface area contributed by atoms with E-state index in [9.17, 15) is 0 Å². The second-order valence-corrected chi connectivity index (χ2v) is 6.91. The molecule has 0 bridgehead atoms. The molecule has 4 rings (SSSR count). The van der Waals surface area contributed by atoms with Crippen molar-refractivity contribution in [2.24, 2.45) is 0 Å². The SMILES string of the molecule is Cc1ccc(-c2cc(-c3ccccc3Cl)c3cc(Cl)ccc3n2)cc1. The van der Waals surface area contributed by atoms with Crippen molar-refractivity contribution < 1.29 is 0 Å². The number of pyridine rings is 1. The molecule has 0 amide bonds. The standard InChI is InChI=1S/C22H15Cl2N/c1-14-6-8-15(9-7-14)22-13-18(17-4-2-3-5-20(17)24)19-12-16(23)10-11-21(19)25-22/h2-13H,1H3. The van der Waals surface area contributed by atoms with Gasteiger partial charge >= 0.3 is 0 Å². The molecule has 25 heavy (non-hydrogen) atoms. The first kappa shape index (κ1) is 16.1. The van der Waals surface area contributed by atoms with E-state index >= 15 is 0 Å². The maximum Gasteiger partial charge on any atom is 0.0716 e. The Morgan fingerprint density at radius 2 is 1.52 bits per heavy atom. The second kappa shape index (κ2) is 6.51. The molecule has 0 fully saturated rings. The number of hydrogen-bond donors (Lipinski definition) is 0. The predicted octanol–water partition coefficient (Wildman–Crippen LogP) is 7.18. The molecule has 0 spiro atoms. The summed E-state index contributed by atoms with van der Waals surface area (Å²) >= 11 is 12.7. The first-order valence-corrected chi connectivity index (χ1v) is 8.80. The minimum Gasteiger partial charge on any atom is -0.248 e. The average molecular weight is 364 g/mol. The molecule has 0 aliphatic heterocycles. The fourth-order valence-corrected chi connectivity index (χ4v) is 3.38. The van der Waals surface area contributed by atoms with Gasteiger partial charge in [0.25, 0.3) is 0 Å². The Hall–Kier alpha value is -2.35. The maximum absolute atomic E-state index is 6.46. The largest absolute Gasteiger partial charge is 0.248 e. The van der Waals surface area contributed by atoms with Crippen LogP contribution in [-0.2, 0) is 0 Å². The Morgan fingerprint density at radius 1 is 0.760 bits per heavy atom. The minimum atomic E-state index is 0.686. The molecule has 0 radical (unpaired) electrons. The van der Waals surface area contributed by atoms with Crippen molar-refractivity contribution in [3.63, 3.8) is 0 Å². The summed E-state index contributed by atoms with van der Waals surface area (Å²) in [4.78, 5) is 4.83. The van der Waals surface area contributed by atoms with Crippen LogP contribution in [0, 0.1) is 6.92 Å². The van der Waals surface area contributed by atoms with Gasteiger partial charge in [0.2, 0.25) is 0 Å². The summed E-state index contributed by atoms with van der Waals surface area (Å²) in [7, 11) is 0. The number of aromatic nitrogens is 1. The summed E-state index contributed by atoms with van der Waals surface area (Å²) in [5.74, 6) is 0. The van der Waals surface area contributed by atoms with E-state index in [1.165, 1.54) is 5.56 Å². The lowest BCUT2D eigenvalue weighted by Crippen LogP contribution is -1.91. The third kappa shape index (κ3) is 3.13. The predicted molar refractivity (Wildman–Crippen MR) is 107 cm³/mol. The molecule has 0 atom stereocenters. The van der Waals surface area contributed by atoms with Crippen LogP contribution in [0.25, 0.3) is 33.3 Å². The number of nitrogens with zero attached hydrogens (tertiary/aromatic N) is 1. The molecule has 0 saturated heterocycles. The summed E-state index contributed by atoms with van der Waals surface area (Å²) in [5.41, 5.74) is 6.14. The Labute approximate surface area is 156 Å². The smallest absolute Gasteiger partial charge is 0.0716 e. The molecular formula is C22H15Cl2N. The molecule has 1 nitrogen and oxygen atoms in total. The third-order valence-electron chi connectivity index (χ3n) is 4.28. The molecule has 4 aromatic rings. The maximum atomic E-state index is 6.46.